The number of nitrogens with zero attached hydrogens (tertiary/aromatic N) is 2. The molecule has 0 aliphatic carbocycles. The summed E-state index contributed by atoms with van der Waals surface area (Å²) in [7, 11) is -3.13. The fourth-order valence-corrected chi connectivity index (χ4v) is 9.18. The minimum absolute atomic E-state index is 0.867. The Morgan fingerprint density at radius 3 is 1.89 bits per heavy atom. The zero-order valence-electron chi connectivity index (χ0n) is 18.7. The fourth-order valence-electron chi connectivity index (χ4n) is 5.93. The Morgan fingerprint density at radius 1 is 0.543 bits per heavy atom. The number of fused-ring (bicyclic) bond motifs is 11. The molecule has 1 aliphatic heterocycles. The van der Waals surface area contributed by atoms with Gasteiger partial charge in [0, 0.05) is 26.7 Å². The summed E-state index contributed by atoms with van der Waals surface area (Å²) in [6.45, 7) is 0. The molecule has 0 atom stereocenters. The molecule has 0 spiro atoms. The van der Waals surface area contributed by atoms with Crippen molar-refractivity contribution in [2.45, 2.75) is 0 Å². The molecule has 0 saturated heterocycles. The maximum atomic E-state index is 15.5. The zero-order valence-corrected chi connectivity index (χ0v) is 19.6. The van der Waals surface area contributed by atoms with Crippen LogP contribution in [0, 0.1) is 0 Å². The van der Waals surface area contributed by atoms with E-state index in [9.17, 15) is 0 Å². The maximum absolute atomic E-state index is 15.5. The first-order valence-corrected chi connectivity index (χ1v) is 13.5. The lowest BCUT2D eigenvalue weighted by molar-refractivity contribution is 0.593. The van der Waals surface area contributed by atoms with E-state index in [2.05, 4.69) is 65.1 Å². The fraction of sp³-hybridized carbons (Fsp3) is 0. The lowest BCUT2D eigenvalue weighted by Crippen LogP contribution is -2.22. The average Bonchev–Trinajstić information content (AvgIpc) is 3.44. The number of hydrogen-bond donors (Lipinski definition) is 0. The molecule has 3 heterocycles. The predicted octanol–water partition coefficient (Wildman–Crippen LogP) is 6.41. The Morgan fingerprint density at radius 2 is 1.11 bits per heavy atom. The quantitative estimate of drug-likeness (QED) is 0.207. The van der Waals surface area contributed by atoms with Crippen molar-refractivity contribution in [2.24, 2.45) is 0 Å². The molecular weight excluding hydrogens is 447 g/mol. The van der Waals surface area contributed by atoms with Crippen molar-refractivity contribution < 1.29 is 4.57 Å². The normalized spacial score (nSPS) is 14.1. The Labute approximate surface area is 201 Å². The van der Waals surface area contributed by atoms with E-state index in [-0.39, 0.29) is 0 Å². The third-order valence-electron chi connectivity index (χ3n) is 7.37. The van der Waals surface area contributed by atoms with E-state index in [0.717, 1.165) is 65.4 Å². The van der Waals surface area contributed by atoms with Gasteiger partial charge in [0.05, 0.1) is 16.6 Å². The van der Waals surface area contributed by atoms with Crippen molar-refractivity contribution in [1.82, 2.24) is 9.38 Å². The molecule has 4 heteroatoms. The van der Waals surface area contributed by atoms with E-state index < -0.39 is 7.14 Å². The van der Waals surface area contributed by atoms with Crippen molar-refractivity contribution in [1.29, 1.82) is 0 Å². The standard InChI is InChI=1S/C31H19N2OP/c34-35(27-17-7-3-11-21(27)22-12-4-8-18-28(22)35)29-19-9-14-23-20-10-1-2-13-24(20)31-32-25-15-5-6-16-26(25)33(31)30(23)29/h1-19H. The number of pyridine rings is 1. The molecule has 2 aromatic heterocycles. The predicted molar refractivity (Wildman–Crippen MR) is 146 cm³/mol. The van der Waals surface area contributed by atoms with Crippen molar-refractivity contribution in [3.05, 3.63) is 115 Å². The molecule has 0 saturated carbocycles. The first-order chi connectivity index (χ1) is 17.3. The van der Waals surface area contributed by atoms with Crippen LogP contribution in [0.3, 0.4) is 0 Å². The van der Waals surface area contributed by atoms with Crippen LogP contribution in [0.15, 0.2) is 115 Å². The molecule has 8 rings (SSSR count). The van der Waals surface area contributed by atoms with Gasteiger partial charge in [-0.2, -0.15) is 0 Å². The molecule has 35 heavy (non-hydrogen) atoms. The van der Waals surface area contributed by atoms with Crippen LogP contribution in [-0.4, -0.2) is 9.38 Å². The van der Waals surface area contributed by atoms with Gasteiger partial charge in [-0.15, -0.1) is 0 Å². The average molecular weight is 466 g/mol. The second-order valence-electron chi connectivity index (χ2n) is 9.12. The summed E-state index contributed by atoms with van der Waals surface area (Å²) in [5.41, 5.74) is 5.97. The molecule has 164 valence electrons. The van der Waals surface area contributed by atoms with Crippen LogP contribution in [0.2, 0.25) is 0 Å². The first kappa shape index (κ1) is 19.1. The molecule has 5 aromatic carbocycles. The van der Waals surface area contributed by atoms with Gasteiger partial charge in [-0.05, 0) is 34.7 Å². The van der Waals surface area contributed by atoms with Crippen LogP contribution in [0.1, 0.15) is 0 Å². The molecule has 7 aromatic rings. The van der Waals surface area contributed by atoms with Crippen LogP contribution in [0.25, 0.3) is 49.5 Å². The molecule has 0 unspecified atom stereocenters. The summed E-state index contributed by atoms with van der Waals surface area (Å²) < 4.78 is 17.7. The number of hydrogen-bond acceptors (Lipinski definition) is 2. The molecule has 0 radical (unpaired) electrons. The molecule has 0 amide bonds. The minimum Gasteiger partial charge on any atom is -0.309 e. The van der Waals surface area contributed by atoms with E-state index in [0.29, 0.717) is 0 Å². The van der Waals surface area contributed by atoms with E-state index in [1.54, 1.807) is 0 Å². The number of aromatic nitrogens is 2. The van der Waals surface area contributed by atoms with Crippen molar-refractivity contribution in [2.75, 3.05) is 0 Å². The summed E-state index contributed by atoms with van der Waals surface area (Å²) in [5.74, 6) is 0. The maximum Gasteiger partial charge on any atom is 0.174 e. The summed E-state index contributed by atoms with van der Waals surface area (Å²) in [6, 6.07) is 39.2. The highest BCUT2D eigenvalue weighted by Gasteiger charge is 2.41. The molecule has 3 nitrogen and oxygen atoms in total. The number of rotatable bonds is 1. The van der Waals surface area contributed by atoms with Gasteiger partial charge in [0.1, 0.15) is 5.65 Å². The lowest BCUT2D eigenvalue weighted by Gasteiger charge is -2.20. The highest BCUT2D eigenvalue weighted by atomic mass is 31.2. The summed E-state index contributed by atoms with van der Waals surface area (Å²) in [6.07, 6.45) is 0. The number of para-hydroxylation sites is 3. The van der Waals surface area contributed by atoms with Gasteiger partial charge in [0.15, 0.2) is 7.14 Å². The minimum atomic E-state index is -3.13. The van der Waals surface area contributed by atoms with Gasteiger partial charge in [0.2, 0.25) is 0 Å². The molecule has 0 bridgehead atoms. The second-order valence-corrected chi connectivity index (χ2v) is 11.8. The van der Waals surface area contributed by atoms with E-state index in [4.69, 9.17) is 4.98 Å². The lowest BCUT2D eigenvalue weighted by atomic mass is 10.1. The van der Waals surface area contributed by atoms with Crippen LogP contribution < -0.4 is 15.9 Å². The van der Waals surface area contributed by atoms with Gasteiger partial charge < -0.3 is 4.57 Å². The summed E-state index contributed by atoms with van der Waals surface area (Å²) >= 11 is 0. The SMILES string of the molecule is O=P1(c2cccc3c4ccccc4c4nc5ccccc5n4c23)c2ccccc2-c2ccccc21. The first-order valence-electron chi connectivity index (χ1n) is 11.8. The second kappa shape index (κ2) is 6.69. The topological polar surface area (TPSA) is 34.4 Å². The Balaban J connectivity index is 1.66. The molecule has 1 aliphatic rings. The molecule has 0 N–H and O–H groups in total. The zero-order chi connectivity index (χ0) is 23.1. The van der Waals surface area contributed by atoms with Gasteiger partial charge in [-0.25, -0.2) is 4.98 Å². The Bertz CT molecular complexity index is 2000. The Kier molecular flexibility index (Phi) is 3.66. The highest BCUT2D eigenvalue weighted by Crippen LogP contribution is 2.53. The third kappa shape index (κ3) is 2.31. The van der Waals surface area contributed by atoms with Crippen molar-refractivity contribution in [3.8, 4) is 11.1 Å². The molecular formula is C31H19N2OP. The molecule has 0 fully saturated rings. The summed E-state index contributed by atoms with van der Waals surface area (Å²) in [4.78, 5) is 5.05. The van der Waals surface area contributed by atoms with Gasteiger partial charge in [0.25, 0.3) is 0 Å². The third-order valence-corrected chi connectivity index (χ3v) is 10.5. The van der Waals surface area contributed by atoms with E-state index in [1.807, 2.05) is 54.6 Å². The number of benzene rings is 5. The van der Waals surface area contributed by atoms with Gasteiger partial charge >= 0.3 is 0 Å². The number of imidazole rings is 1. The summed E-state index contributed by atoms with van der Waals surface area (Å²) in [5, 5.41) is 6.01. The largest absolute Gasteiger partial charge is 0.309 e. The van der Waals surface area contributed by atoms with Crippen LogP contribution in [0.4, 0.5) is 0 Å². The van der Waals surface area contributed by atoms with Gasteiger partial charge in [-0.3, -0.25) is 4.40 Å². The Hall–Kier alpha value is -4.20. The smallest absolute Gasteiger partial charge is 0.174 e. The van der Waals surface area contributed by atoms with Crippen LogP contribution in [-0.2, 0) is 4.57 Å². The van der Waals surface area contributed by atoms with E-state index >= 15 is 4.57 Å². The monoisotopic (exact) mass is 466 g/mol. The van der Waals surface area contributed by atoms with Crippen molar-refractivity contribution >= 4 is 61.4 Å². The highest BCUT2D eigenvalue weighted by molar-refractivity contribution is 7.86. The van der Waals surface area contributed by atoms with E-state index in [1.165, 1.54) is 0 Å². The van der Waals surface area contributed by atoms with Crippen molar-refractivity contribution in [3.63, 3.8) is 0 Å². The van der Waals surface area contributed by atoms with Crippen LogP contribution >= 0.6 is 7.14 Å². The van der Waals surface area contributed by atoms with Crippen LogP contribution in [0.5, 0.6) is 0 Å². The van der Waals surface area contributed by atoms with Gasteiger partial charge in [-0.1, -0.05) is 97.1 Å².